The molecule has 0 saturated heterocycles. The molecule has 0 fully saturated rings. The lowest BCUT2D eigenvalue weighted by atomic mass is 10.1. The minimum absolute atomic E-state index is 0.185. The fourth-order valence-electron chi connectivity index (χ4n) is 2.54. The van der Waals surface area contributed by atoms with E-state index in [-0.39, 0.29) is 23.2 Å². The summed E-state index contributed by atoms with van der Waals surface area (Å²) in [6.07, 6.45) is 0.938. The minimum atomic E-state index is -0.360. The molecule has 5 heteroatoms. The summed E-state index contributed by atoms with van der Waals surface area (Å²) >= 11 is 0. The van der Waals surface area contributed by atoms with E-state index in [0.29, 0.717) is 11.4 Å². The molecule has 27 heavy (non-hydrogen) atoms. The van der Waals surface area contributed by atoms with Crippen LogP contribution < -0.4 is 10.6 Å². The smallest absolute Gasteiger partial charge is 0.274 e. The normalized spacial score (nSPS) is 10.3. The Kier molecular flexibility index (Phi) is 5.61. The molecule has 2 aromatic carbocycles. The molecule has 136 valence electrons. The van der Waals surface area contributed by atoms with Crippen molar-refractivity contribution in [3.8, 4) is 0 Å². The van der Waals surface area contributed by atoms with Gasteiger partial charge in [0, 0.05) is 11.4 Å². The van der Waals surface area contributed by atoms with Crippen molar-refractivity contribution in [2.24, 2.45) is 0 Å². The van der Waals surface area contributed by atoms with E-state index in [0.717, 1.165) is 12.0 Å². The van der Waals surface area contributed by atoms with Gasteiger partial charge in [-0.1, -0.05) is 42.8 Å². The second kappa shape index (κ2) is 8.27. The van der Waals surface area contributed by atoms with E-state index < -0.39 is 0 Å². The molecule has 1 heterocycles. The summed E-state index contributed by atoms with van der Waals surface area (Å²) < 4.78 is 0. The largest absolute Gasteiger partial charge is 0.321 e. The van der Waals surface area contributed by atoms with Gasteiger partial charge in [-0.05, 0) is 55.3 Å². The summed E-state index contributed by atoms with van der Waals surface area (Å²) in [7, 11) is 0. The molecule has 2 amide bonds. The molecule has 0 radical (unpaired) electrons. The van der Waals surface area contributed by atoms with Crippen molar-refractivity contribution in [1.82, 2.24) is 4.98 Å². The number of rotatable bonds is 5. The van der Waals surface area contributed by atoms with E-state index in [1.54, 1.807) is 18.2 Å². The van der Waals surface area contributed by atoms with Crippen LogP contribution in [-0.2, 0) is 6.42 Å². The zero-order chi connectivity index (χ0) is 19.2. The van der Waals surface area contributed by atoms with Crippen molar-refractivity contribution in [1.29, 1.82) is 0 Å². The summed E-state index contributed by atoms with van der Waals surface area (Å²) in [4.78, 5) is 29.0. The molecule has 0 aliphatic rings. The molecule has 0 bridgehead atoms. The van der Waals surface area contributed by atoms with Crippen molar-refractivity contribution in [3.05, 3.63) is 89.2 Å². The average molecular weight is 359 g/mol. The van der Waals surface area contributed by atoms with Crippen LogP contribution in [0.3, 0.4) is 0 Å². The van der Waals surface area contributed by atoms with Crippen molar-refractivity contribution in [3.63, 3.8) is 0 Å². The van der Waals surface area contributed by atoms with Crippen molar-refractivity contribution >= 4 is 23.2 Å². The third kappa shape index (κ3) is 4.79. The van der Waals surface area contributed by atoms with Gasteiger partial charge in [-0.25, -0.2) is 4.98 Å². The number of carbonyl (C=O) groups excluding carboxylic acids is 2. The molecule has 0 unspecified atom stereocenters. The summed E-state index contributed by atoms with van der Waals surface area (Å²) in [5.41, 5.74) is 4.04. The van der Waals surface area contributed by atoms with E-state index in [2.05, 4.69) is 22.5 Å². The van der Waals surface area contributed by atoms with E-state index in [4.69, 9.17) is 0 Å². The first-order valence-electron chi connectivity index (χ1n) is 8.80. The van der Waals surface area contributed by atoms with Crippen molar-refractivity contribution < 1.29 is 9.59 Å². The molecule has 0 atom stereocenters. The van der Waals surface area contributed by atoms with Gasteiger partial charge in [-0.3, -0.25) is 9.59 Å². The Morgan fingerprint density at radius 3 is 1.74 bits per heavy atom. The van der Waals surface area contributed by atoms with E-state index >= 15 is 0 Å². The van der Waals surface area contributed by atoms with Crippen molar-refractivity contribution in [2.45, 2.75) is 20.3 Å². The molecule has 0 spiro atoms. The summed E-state index contributed by atoms with van der Waals surface area (Å²) in [6, 6.07) is 19.9. The lowest BCUT2D eigenvalue weighted by Crippen LogP contribution is -2.18. The van der Waals surface area contributed by atoms with Gasteiger partial charge < -0.3 is 10.6 Å². The Morgan fingerprint density at radius 1 is 0.778 bits per heavy atom. The monoisotopic (exact) mass is 359 g/mol. The van der Waals surface area contributed by atoms with E-state index in [9.17, 15) is 9.59 Å². The fourth-order valence-corrected chi connectivity index (χ4v) is 2.54. The Balaban J connectivity index is 1.70. The zero-order valence-corrected chi connectivity index (χ0v) is 15.3. The Morgan fingerprint density at radius 2 is 1.26 bits per heavy atom. The molecule has 1 aromatic heterocycles. The molecule has 3 aromatic rings. The highest BCUT2D eigenvalue weighted by molar-refractivity contribution is 6.06. The molecule has 0 aliphatic heterocycles. The van der Waals surface area contributed by atoms with Gasteiger partial charge in [0.2, 0.25) is 0 Å². The number of benzene rings is 2. The molecule has 5 nitrogen and oxygen atoms in total. The van der Waals surface area contributed by atoms with E-state index in [1.165, 1.54) is 5.56 Å². The lowest BCUT2D eigenvalue weighted by molar-refractivity contribution is 0.101. The number of hydrogen-bond acceptors (Lipinski definition) is 3. The number of aryl methyl sites for hydroxylation is 2. The molecular weight excluding hydrogens is 338 g/mol. The van der Waals surface area contributed by atoms with Crippen LogP contribution in [0, 0.1) is 6.92 Å². The second-order valence-corrected chi connectivity index (χ2v) is 6.23. The fraction of sp³-hybridized carbons (Fsp3) is 0.136. The first kappa shape index (κ1) is 18.3. The first-order valence-corrected chi connectivity index (χ1v) is 8.80. The van der Waals surface area contributed by atoms with Crippen LogP contribution in [-0.4, -0.2) is 16.8 Å². The van der Waals surface area contributed by atoms with Crippen LogP contribution in [0.2, 0.25) is 0 Å². The van der Waals surface area contributed by atoms with E-state index in [1.807, 2.05) is 55.5 Å². The highest BCUT2D eigenvalue weighted by Gasteiger charge is 2.13. The Labute approximate surface area is 158 Å². The summed E-state index contributed by atoms with van der Waals surface area (Å²) in [5.74, 6) is -0.718. The second-order valence-electron chi connectivity index (χ2n) is 6.23. The first-order chi connectivity index (χ1) is 13.0. The lowest BCUT2D eigenvalue weighted by Gasteiger charge is -2.08. The van der Waals surface area contributed by atoms with Gasteiger partial charge in [0.15, 0.2) is 0 Å². The number of nitrogens with one attached hydrogen (secondary N) is 2. The molecule has 3 rings (SSSR count). The predicted molar refractivity (Wildman–Crippen MR) is 107 cm³/mol. The van der Waals surface area contributed by atoms with Crippen LogP contribution in [0.1, 0.15) is 39.0 Å². The van der Waals surface area contributed by atoms with Gasteiger partial charge in [0.1, 0.15) is 11.4 Å². The predicted octanol–water partition coefficient (Wildman–Crippen LogP) is 4.46. The quantitative estimate of drug-likeness (QED) is 0.707. The van der Waals surface area contributed by atoms with Gasteiger partial charge in [0.25, 0.3) is 11.8 Å². The minimum Gasteiger partial charge on any atom is -0.321 e. The van der Waals surface area contributed by atoms with Crippen LogP contribution in [0.5, 0.6) is 0 Å². The standard InChI is InChI=1S/C22H21N3O2/c1-3-16-9-13-18(14-10-16)24-22(27)20-6-4-5-19(25-20)21(26)23-17-11-7-15(2)8-12-17/h4-14H,3H2,1-2H3,(H,23,26)(H,24,27). The number of amides is 2. The Hall–Kier alpha value is -3.47. The van der Waals surface area contributed by atoms with Gasteiger partial charge >= 0.3 is 0 Å². The molecule has 0 saturated carbocycles. The van der Waals surface area contributed by atoms with Gasteiger partial charge in [-0.15, -0.1) is 0 Å². The van der Waals surface area contributed by atoms with Crippen molar-refractivity contribution in [2.75, 3.05) is 10.6 Å². The third-order valence-corrected chi connectivity index (χ3v) is 4.14. The van der Waals surface area contributed by atoms with Crippen LogP contribution in [0.4, 0.5) is 11.4 Å². The topological polar surface area (TPSA) is 71.1 Å². The number of anilines is 2. The maximum absolute atomic E-state index is 12.4. The SMILES string of the molecule is CCc1ccc(NC(=O)c2cccc(C(=O)Nc3ccc(C)cc3)n2)cc1. The average Bonchev–Trinajstić information content (AvgIpc) is 2.70. The summed E-state index contributed by atoms with van der Waals surface area (Å²) in [6.45, 7) is 4.05. The van der Waals surface area contributed by atoms with Gasteiger partial charge in [0.05, 0.1) is 0 Å². The highest BCUT2D eigenvalue weighted by atomic mass is 16.2. The van der Waals surface area contributed by atoms with Crippen LogP contribution in [0.25, 0.3) is 0 Å². The molecule has 0 aliphatic carbocycles. The van der Waals surface area contributed by atoms with Crippen LogP contribution in [0.15, 0.2) is 66.7 Å². The number of aromatic nitrogens is 1. The third-order valence-electron chi connectivity index (χ3n) is 4.14. The molecule has 2 N–H and O–H groups in total. The van der Waals surface area contributed by atoms with Gasteiger partial charge in [-0.2, -0.15) is 0 Å². The maximum Gasteiger partial charge on any atom is 0.274 e. The zero-order valence-electron chi connectivity index (χ0n) is 15.3. The number of pyridine rings is 1. The van der Waals surface area contributed by atoms with Crippen LogP contribution >= 0.6 is 0 Å². The Bertz CT molecular complexity index is 948. The number of carbonyl (C=O) groups is 2. The number of nitrogens with zero attached hydrogens (tertiary/aromatic N) is 1. The highest BCUT2D eigenvalue weighted by Crippen LogP contribution is 2.13. The molecular formula is C22H21N3O2. The number of hydrogen-bond donors (Lipinski definition) is 2. The summed E-state index contributed by atoms with van der Waals surface area (Å²) in [5, 5.41) is 5.58. The maximum atomic E-state index is 12.4.